The highest BCUT2D eigenvalue weighted by molar-refractivity contribution is 8.00. The topological polar surface area (TPSA) is 29.5 Å². The molecule has 0 atom stereocenters. The Morgan fingerprint density at radius 3 is 2.56 bits per heavy atom. The van der Waals surface area contributed by atoms with Crippen molar-refractivity contribution in [3.63, 3.8) is 0 Å². The number of halogens is 1. The number of esters is 1. The first-order valence-corrected chi connectivity index (χ1v) is 10.4. The normalized spacial score (nSPS) is 15.6. The molecule has 2 aromatic rings. The van der Waals surface area contributed by atoms with Gasteiger partial charge in [0, 0.05) is 16.7 Å². The van der Waals surface area contributed by atoms with Gasteiger partial charge in [-0.2, -0.15) is 0 Å². The van der Waals surface area contributed by atoms with Gasteiger partial charge >= 0.3 is 5.97 Å². The molecule has 2 aromatic carbocycles. The lowest BCUT2D eigenvalue weighted by atomic mass is 10.1. The molecule has 0 amide bonds. The second-order valence-electron chi connectivity index (χ2n) is 6.75. The molecule has 0 radical (unpaired) electrons. The number of carbonyl (C=O) groups is 1. The van der Waals surface area contributed by atoms with Crippen molar-refractivity contribution in [2.75, 3.05) is 26.2 Å². The van der Waals surface area contributed by atoms with Crippen molar-refractivity contribution in [2.24, 2.45) is 0 Å². The van der Waals surface area contributed by atoms with Crippen LogP contribution in [-0.2, 0) is 11.2 Å². The second kappa shape index (κ2) is 9.90. The molecular weight excluding hydrogens is 361 g/mol. The zero-order valence-electron chi connectivity index (χ0n) is 15.7. The molecule has 1 aliphatic rings. The van der Waals surface area contributed by atoms with E-state index in [0.29, 0.717) is 17.4 Å². The lowest BCUT2D eigenvalue weighted by Crippen LogP contribution is -2.36. The van der Waals surface area contributed by atoms with Gasteiger partial charge in [-0.1, -0.05) is 24.3 Å². The van der Waals surface area contributed by atoms with E-state index in [1.165, 1.54) is 17.7 Å². The highest BCUT2D eigenvalue weighted by Crippen LogP contribution is 2.33. The van der Waals surface area contributed by atoms with Gasteiger partial charge < -0.3 is 9.64 Å². The van der Waals surface area contributed by atoms with Gasteiger partial charge in [0.25, 0.3) is 0 Å². The highest BCUT2D eigenvalue weighted by atomic mass is 32.2. The number of thioether (sulfide) groups is 1. The number of nitrogens with zero attached hydrogens (tertiary/aromatic N) is 1. The van der Waals surface area contributed by atoms with E-state index in [1.807, 2.05) is 43.3 Å². The van der Waals surface area contributed by atoms with E-state index in [1.54, 1.807) is 11.8 Å². The molecule has 144 valence electrons. The maximum atomic E-state index is 13.0. The summed E-state index contributed by atoms with van der Waals surface area (Å²) in [6.07, 6.45) is 3.15. The monoisotopic (exact) mass is 387 g/mol. The van der Waals surface area contributed by atoms with Crippen molar-refractivity contribution in [2.45, 2.75) is 36.3 Å². The van der Waals surface area contributed by atoms with Crippen molar-refractivity contribution in [3.05, 3.63) is 65.5 Å². The first kappa shape index (κ1) is 19.9. The SMILES string of the molecule is CCOC(=O)c1ccccc1SC1CCN(CCc2ccc(F)cc2)CC1. The molecular formula is C22H26FNO2S. The minimum absolute atomic E-state index is 0.181. The van der Waals surface area contributed by atoms with E-state index in [9.17, 15) is 9.18 Å². The third kappa shape index (κ3) is 5.81. The summed E-state index contributed by atoms with van der Waals surface area (Å²) in [5, 5.41) is 0.516. The average molecular weight is 388 g/mol. The highest BCUT2D eigenvalue weighted by Gasteiger charge is 2.22. The van der Waals surface area contributed by atoms with Crippen LogP contribution in [0.3, 0.4) is 0 Å². The summed E-state index contributed by atoms with van der Waals surface area (Å²) in [5.74, 6) is -0.419. The van der Waals surface area contributed by atoms with Gasteiger partial charge in [-0.05, 0) is 69.1 Å². The average Bonchev–Trinajstić information content (AvgIpc) is 2.69. The molecule has 0 saturated carbocycles. The van der Waals surface area contributed by atoms with E-state index >= 15 is 0 Å². The molecule has 1 fully saturated rings. The van der Waals surface area contributed by atoms with E-state index in [4.69, 9.17) is 4.74 Å². The number of likely N-dealkylation sites (tertiary alicyclic amines) is 1. The zero-order chi connectivity index (χ0) is 19.1. The fourth-order valence-corrected chi connectivity index (χ4v) is 4.56. The first-order valence-electron chi connectivity index (χ1n) is 9.55. The van der Waals surface area contributed by atoms with Crippen LogP contribution in [-0.4, -0.2) is 42.4 Å². The van der Waals surface area contributed by atoms with Crippen LogP contribution < -0.4 is 0 Å². The summed E-state index contributed by atoms with van der Waals surface area (Å²) in [6.45, 7) is 5.34. The van der Waals surface area contributed by atoms with Crippen molar-refractivity contribution in [1.29, 1.82) is 0 Å². The Morgan fingerprint density at radius 1 is 1.15 bits per heavy atom. The van der Waals surface area contributed by atoms with Gasteiger partial charge in [0.1, 0.15) is 5.82 Å². The van der Waals surface area contributed by atoms with Crippen LogP contribution in [0.2, 0.25) is 0 Å². The Bertz CT molecular complexity index is 742. The molecule has 1 heterocycles. The number of ether oxygens (including phenoxy) is 1. The van der Waals surface area contributed by atoms with Crippen LogP contribution in [0.4, 0.5) is 4.39 Å². The molecule has 1 saturated heterocycles. The first-order chi connectivity index (χ1) is 13.2. The maximum absolute atomic E-state index is 13.0. The summed E-state index contributed by atoms with van der Waals surface area (Å²) >= 11 is 1.79. The molecule has 3 nitrogen and oxygen atoms in total. The van der Waals surface area contributed by atoms with Crippen molar-refractivity contribution >= 4 is 17.7 Å². The maximum Gasteiger partial charge on any atom is 0.339 e. The van der Waals surface area contributed by atoms with Gasteiger partial charge in [-0.25, -0.2) is 9.18 Å². The van der Waals surface area contributed by atoms with Crippen LogP contribution >= 0.6 is 11.8 Å². The predicted molar refractivity (Wildman–Crippen MR) is 108 cm³/mol. The lowest BCUT2D eigenvalue weighted by Gasteiger charge is -2.31. The molecule has 0 aromatic heterocycles. The minimum atomic E-state index is -0.239. The molecule has 5 heteroatoms. The van der Waals surface area contributed by atoms with Gasteiger partial charge in [-0.15, -0.1) is 11.8 Å². The van der Waals surface area contributed by atoms with Gasteiger partial charge in [0.05, 0.1) is 12.2 Å². The van der Waals surface area contributed by atoms with Crippen molar-refractivity contribution in [1.82, 2.24) is 4.90 Å². The van der Waals surface area contributed by atoms with Crippen LogP contribution in [0.1, 0.15) is 35.7 Å². The Kier molecular flexibility index (Phi) is 7.30. The summed E-state index contributed by atoms with van der Waals surface area (Å²) in [5.41, 5.74) is 1.85. The summed E-state index contributed by atoms with van der Waals surface area (Å²) < 4.78 is 18.2. The molecule has 0 spiro atoms. The minimum Gasteiger partial charge on any atom is -0.462 e. The number of hydrogen-bond acceptors (Lipinski definition) is 4. The van der Waals surface area contributed by atoms with Crippen LogP contribution in [0, 0.1) is 5.82 Å². The number of benzene rings is 2. The lowest BCUT2D eigenvalue weighted by molar-refractivity contribution is 0.0522. The molecule has 27 heavy (non-hydrogen) atoms. The number of hydrogen-bond donors (Lipinski definition) is 0. The molecule has 1 aliphatic heterocycles. The van der Waals surface area contributed by atoms with E-state index < -0.39 is 0 Å². The number of carbonyl (C=O) groups excluding carboxylic acids is 1. The zero-order valence-corrected chi connectivity index (χ0v) is 16.5. The fourth-order valence-electron chi connectivity index (χ4n) is 3.32. The predicted octanol–water partition coefficient (Wildman–Crippen LogP) is 4.80. The molecule has 0 unspecified atom stereocenters. The van der Waals surface area contributed by atoms with Gasteiger partial charge in [0.15, 0.2) is 0 Å². The summed E-state index contributed by atoms with van der Waals surface area (Å²) in [4.78, 5) is 15.6. The summed E-state index contributed by atoms with van der Waals surface area (Å²) in [6, 6.07) is 14.5. The van der Waals surface area contributed by atoms with Gasteiger partial charge in [0.2, 0.25) is 0 Å². The van der Waals surface area contributed by atoms with E-state index in [-0.39, 0.29) is 11.8 Å². The quantitative estimate of drug-likeness (QED) is 0.638. The van der Waals surface area contributed by atoms with E-state index in [0.717, 1.165) is 43.8 Å². The van der Waals surface area contributed by atoms with Crippen LogP contribution in [0.25, 0.3) is 0 Å². The third-order valence-electron chi connectivity index (χ3n) is 4.84. The second-order valence-corrected chi connectivity index (χ2v) is 8.09. The van der Waals surface area contributed by atoms with Crippen molar-refractivity contribution in [3.8, 4) is 0 Å². The molecule has 0 bridgehead atoms. The van der Waals surface area contributed by atoms with Crippen molar-refractivity contribution < 1.29 is 13.9 Å². The molecule has 0 aliphatic carbocycles. The van der Waals surface area contributed by atoms with Gasteiger partial charge in [-0.3, -0.25) is 0 Å². The third-order valence-corrected chi connectivity index (χ3v) is 6.26. The number of piperidine rings is 1. The van der Waals surface area contributed by atoms with Crippen LogP contribution in [0.5, 0.6) is 0 Å². The summed E-state index contributed by atoms with van der Waals surface area (Å²) in [7, 11) is 0. The Labute approximate surface area is 164 Å². The standard InChI is InChI=1S/C22H26FNO2S/c1-2-26-22(25)20-5-3-4-6-21(20)27-19-12-15-24(16-13-19)14-11-17-7-9-18(23)10-8-17/h3-10,19H,2,11-16H2,1H3. The largest absolute Gasteiger partial charge is 0.462 e. The molecule has 3 rings (SSSR count). The Balaban J connectivity index is 1.48. The Morgan fingerprint density at radius 2 is 1.85 bits per heavy atom. The Hall–Kier alpha value is -1.85. The molecule has 0 N–H and O–H groups in total. The van der Waals surface area contributed by atoms with E-state index in [2.05, 4.69) is 4.90 Å². The van der Waals surface area contributed by atoms with Crippen LogP contribution in [0.15, 0.2) is 53.4 Å². The fraction of sp³-hybridized carbons (Fsp3) is 0.409. The smallest absolute Gasteiger partial charge is 0.339 e. The number of rotatable bonds is 7.